The smallest absolute Gasteiger partial charge is 0.504 e. The standard InChI is InChI=1S/C16H19BO4/c1-16(2,3)13-10-7-11-14(15(13)18)21-17(19)20-12-8-5-4-6-9-12/h4-11,18-19H,1-3H3. The Morgan fingerprint density at radius 2 is 1.57 bits per heavy atom. The van der Waals surface area contributed by atoms with E-state index in [0.717, 1.165) is 5.56 Å². The van der Waals surface area contributed by atoms with Crippen LogP contribution in [0.4, 0.5) is 0 Å². The first kappa shape index (κ1) is 15.3. The lowest BCUT2D eigenvalue weighted by Crippen LogP contribution is -2.29. The number of phenolic OH excluding ortho intramolecular Hbond substituents is 1. The molecule has 110 valence electrons. The molecule has 21 heavy (non-hydrogen) atoms. The van der Waals surface area contributed by atoms with Crippen LogP contribution >= 0.6 is 0 Å². The summed E-state index contributed by atoms with van der Waals surface area (Å²) in [5.74, 6) is 0.683. The third-order valence-electron chi connectivity index (χ3n) is 3.01. The molecule has 0 bridgehead atoms. The summed E-state index contributed by atoms with van der Waals surface area (Å²) < 4.78 is 10.5. The van der Waals surface area contributed by atoms with Gasteiger partial charge in [-0.3, -0.25) is 0 Å². The maximum atomic E-state index is 10.2. The fourth-order valence-corrected chi connectivity index (χ4v) is 1.97. The van der Waals surface area contributed by atoms with Gasteiger partial charge >= 0.3 is 7.32 Å². The predicted octanol–water partition coefficient (Wildman–Crippen LogP) is 3.12. The molecule has 0 amide bonds. The number of rotatable bonds is 4. The van der Waals surface area contributed by atoms with Crippen molar-refractivity contribution < 1.29 is 19.4 Å². The molecule has 0 aliphatic carbocycles. The molecule has 0 unspecified atom stereocenters. The Hall–Kier alpha value is -2.14. The van der Waals surface area contributed by atoms with E-state index in [0.29, 0.717) is 5.75 Å². The Balaban J connectivity index is 2.13. The van der Waals surface area contributed by atoms with Crippen molar-refractivity contribution in [2.45, 2.75) is 26.2 Å². The summed E-state index contributed by atoms with van der Waals surface area (Å²) in [6, 6.07) is 14.0. The Morgan fingerprint density at radius 1 is 0.905 bits per heavy atom. The molecule has 0 aliphatic rings. The van der Waals surface area contributed by atoms with Crippen LogP contribution in [0, 0.1) is 0 Å². The molecular formula is C16H19BO4. The summed E-state index contributed by atoms with van der Waals surface area (Å²) in [4.78, 5) is 0. The van der Waals surface area contributed by atoms with Crippen LogP contribution in [0.1, 0.15) is 26.3 Å². The summed E-state index contributed by atoms with van der Waals surface area (Å²) >= 11 is 0. The molecule has 2 N–H and O–H groups in total. The van der Waals surface area contributed by atoms with E-state index in [2.05, 4.69) is 0 Å². The van der Waals surface area contributed by atoms with Crippen molar-refractivity contribution in [3.63, 3.8) is 0 Å². The molecule has 2 rings (SSSR count). The first-order valence-electron chi connectivity index (χ1n) is 6.77. The van der Waals surface area contributed by atoms with Gasteiger partial charge in [-0.1, -0.05) is 51.1 Å². The second kappa shape index (κ2) is 6.10. The quantitative estimate of drug-likeness (QED) is 0.848. The highest BCUT2D eigenvalue weighted by Gasteiger charge is 2.26. The molecule has 0 fully saturated rings. The largest absolute Gasteiger partial charge is 0.785 e. The van der Waals surface area contributed by atoms with E-state index in [1.807, 2.05) is 32.9 Å². The van der Waals surface area contributed by atoms with E-state index in [1.165, 1.54) is 0 Å². The fourth-order valence-electron chi connectivity index (χ4n) is 1.97. The Kier molecular flexibility index (Phi) is 4.43. The average Bonchev–Trinajstić information content (AvgIpc) is 2.41. The van der Waals surface area contributed by atoms with Crippen molar-refractivity contribution >= 4 is 7.32 Å². The molecule has 0 radical (unpaired) electrons. The van der Waals surface area contributed by atoms with Crippen molar-refractivity contribution in [3.8, 4) is 17.2 Å². The lowest BCUT2D eigenvalue weighted by atomic mass is 9.86. The highest BCUT2D eigenvalue weighted by atomic mass is 16.7. The van der Waals surface area contributed by atoms with Crippen LogP contribution in [0.2, 0.25) is 0 Å². The SMILES string of the molecule is CC(C)(C)c1cccc(OB(O)Oc2ccccc2)c1O. The zero-order valence-corrected chi connectivity index (χ0v) is 12.4. The Labute approximate surface area is 125 Å². The molecule has 0 heterocycles. The summed E-state index contributed by atoms with van der Waals surface area (Å²) in [6.45, 7) is 5.97. The highest BCUT2D eigenvalue weighted by Crippen LogP contribution is 2.37. The van der Waals surface area contributed by atoms with Gasteiger partial charge < -0.3 is 19.4 Å². The van der Waals surface area contributed by atoms with E-state index < -0.39 is 7.32 Å². The van der Waals surface area contributed by atoms with Crippen LogP contribution in [0.25, 0.3) is 0 Å². The topological polar surface area (TPSA) is 58.9 Å². The van der Waals surface area contributed by atoms with Crippen molar-refractivity contribution in [2.24, 2.45) is 0 Å². The highest BCUT2D eigenvalue weighted by molar-refractivity contribution is 6.36. The third-order valence-corrected chi connectivity index (χ3v) is 3.01. The minimum absolute atomic E-state index is 0.0145. The molecular weight excluding hydrogens is 267 g/mol. The minimum Gasteiger partial charge on any atom is -0.504 e. The second-order valence-electron chi connectivity index (χ2n) is 5.76. The van der Waals surface area contributed by atoms with Crippen LogP contribution in [0.5, 0.6) is 17.2 Å². The van der Waals surface area contributed by atoms with E-state index in [9.17, 15) is 10.1 Å². The van der Waals surface area contributed by atoms with Gasteiger partial charge in [-0.2, -0.15) is 0 Å². The number of hydrogen-bond acceptors (Lipinski definition) is 4. The van der Waals surface area contributed by atoms with Crippen LogP contribution in [0.3, 0.4) is 0 Å². The van der Waals surface area contributed by atoms with Gasteiger partial charge in [0.15, 0.2) is 5.75 Å². The maximum absolute atomic E-state index is 10.2. The summed E-state index contributed by atoms with van der Waals surface area (Å²) in [5.41, 5.74) is 0.515. The molecule has 0 aliphatic heterocycles. The Morgan fingerprint density at radius 3 is 2.19 bits per heavy atom. The van der Waals surface area contributed by atoms with E-state index in [-0.39, 0.29) is 16.9 Å². The van der Waals surface area contributed by atoms with Gasteiger partial charge in [0.25, 0.3) is 0 Å². The van der Waals surface area contributed by atoms with Gasteiger partial charge in [0.1, 0.15) is 11.5 Å². The van der Waals surface area contributed by atoms with Crippen LogP contribution in [-0.4, -0.2) is 17.5 Å². The zero-order valence-electron chi connectivity index (χ0n) is 12.4. The average molecular weight is 286 g/mol. The Bertz CT molecular complexity index is 593. The molecule has 0 atom stereocenters. The van der Waals surface area contributed by atoms with Crippen molar-refractivity contribution in [1.29, 1.82) is 0 Å². The van der Waals surface area contributed by atoms with Gasteiger partial charge in [0.05, 0.1) is 0 Å². The first-order valence-corrected chi connectivity index (χ1v) is 6.77. The van der Waals surface area contributed by atoms with Gasteiger partial charge in [-0.25, -0.2) is 0 Å². The van der Waals surface area contributed by atoms with Crippen LogP contribution in [0.15, 0.2) is 48.5 Å². The first-order chi connectivity index (χ1) is 9.88. The number of phenols is 1. The molecule has 0 aromatic heterocycles. The molecule has 2 aromatic rings. The maximum Gasteiger partial charge on any atom is 0.785 e. The fraction of sp³-hybridized carbons (Fsp3) is 0.250. The van der Waals surface area contributed by atoms with Gasteiger partial charge in [0.2, 0.25) is 0 Å². The number of hydrogen-bond donors (Lipinski definition) is 2. The van der Waals surface area contributed by atoms with E-state index in [4.69, 9.17) is 9.31 Å². The predicted molar refractivity (Wildman–Crippen MR) is 82.5 cm³/mol. The molecule has 4 nitrogen and oxygen atoms in total. The lowest BCUT2D eigenvalue weighted by Gasteiger charge is -2.22. The van der Waals surface area contributed by atoms with Crippen molar-refractivity contribution in [2.75, 3.05) is 0 Å². The zero-order chi connectivity index (χ0) is 15.5. The van der Waals surface area contributed by atoms with Crippen molar-refractivity contribution in [3.05, 3.63) is 54.1 Å². The monoisotopic (exact) mass is 286 g/mol. The molecule has 2 aromatic carbocycles. The molecule has 0 saturated carbocycles. The van der Waals surface area contributed by atoms with Crippen LogP contribution < -0.4 is 9.31 Å². The molecule has 5 heteroatoms. The normalized spacial score (nSPS) is 11.0. The van der Waals surface area contributed by atoms with E-state index >= 15 is 0 Å². The minimum atomic E-state index is -1.49. The molecule has 0 spiro atoms. The summed E-state index contributed by atoms with van der Waals surface area (Å²) in [5, 5.41) is 20.1. The number of aromatic hydroxyl groups is 1. The summed E-state index contributed by atoms with van der Waals surface area (Å²) in [6.07, 6.45) is 0. The third kappa shape index (κ3) is 3.92. The van der Waals surface area contributed by atoms with Crippen LogP contribution in [-0.2, 0) is 5.41 Å². The number of benzene rings is 2. The summed E-state index contributed by atoms with van der Waals surface area (Å²) in [7, 11) is -1.49. The van der Waals surface area contributed by atoms with Gasteiger partial charge in [0, 0.05) is 5.56 Å². The van der Waals surface area contributed by atoms with Gasteiger partial charge in [-0.15, -0.1) is 0 Å². The number of para-hydroxylation sites is 2. The van der Waals surface area contributed by atoms with Crippen molar-refractivity contribution in [1.82, 2.24) is 0 Å². The van der Waals surface area contributed by atoms with Gasteiger partial charge in [-0.05, 0) is 23.6 Å². The molecule has 0 saturated heterocycles. The second-order valence-corrected chi connectivity index (χ2v) is 5.76. The lowest BCUT2D eigenvalue weighted by molar-refractivity contribution is 0.289. The van der Waals surface area contributed by atoms with E-state index in [1.54, 1.807) is 36.4 Å².